The Bertz CT molecular complexity index is 702. The molecule has 1 aliphatic rings. The quantitative estimate of drug-likeness (QED) is 0.893. The van der Waals surface area contributed by atoms with Crippen LogP contribution in [-0.2, 0) is 22.7 Å². The van der Waals surface area contributed by atoms with Gasteiger partial charge in [0.15, 0.2) is 0 Å². The third-order valence-corrected chi connectivity index (χ3v) is 3.71. The molecule has 0 saturated carbocycles. The van der Waals surface area contributed by atoms with Gasteiger partial charge in [0.1, 0.15) is 12.4 Å². The molecule has 3 rings (SSSR count). The predicted octanol–water partition coefficient (Wildman–Crippen LogP) is 0.939. The normalized spacial score (nSPS) is 17.5. The second-order valence-electron chi connectivity index (χ2n) is 5.58. The lowest BCUT2D eigenvalue weighted by Gasteiger charge is -2.17. The van der Waals surface area contributed by atoms with Gasteiger partial charge >= 0.3 is 0 Å². The summed E-state index contributed by atoms with van der Waals surface area (Å²) in [5.74, 6) is -0.545. The summed E-state index contributed by atoms with van der Waals surface area (Å²) in [6.45, 7) is 0.907. The first kappa shape index (κ1) is 15.2. The van der Waals surface area contributed by atoms with Crippen molar-refractivity contribution in [3.05, 3.63) is 54.1 Å². The number of halogens is 1. The molecule has 1 aromatic heterocycles. The highest BCUT2D eigenvalue weighted by Gasteiger charge is 2.30. The number of nitrogens with zero attached hydrogens (tertiary/aromatic N) is 3. The monoisotopic (exact) mass is 316 g/mol. The van der Waals surface area contributed by atoms with E-state index < -0.39 is 0 Å². The molecule has 120 valence electrons. The minimum absolute atomic E-state index is 0.0429. The molecule has 0 unspecified atom stereocenters. The highest BCUT2D eigenvalue weighted by Crippen LogP contribution is 2.15. The molecule has 7 heteroatoms. The third-order valence-electron chi connectivity index (χ3n) is 3.71. The Morgan fingerprint density at radius 2 is 2.26 bits per heavy atom. The predicted molar refractivity (Wildman–Crippen MR) is 80.6 cm³/mol. The van der Waals surface area contributed by atoms with E-state index in [1.165, 1.54) is 16.8 Å². The molecule has 1 aliphatic heterocycles. The van der Waals surface area contributed by atoms with Crippen LogP contribution in [0.15, 0.2) is 42.7 Å². The summed E-state index contributed by atoms with van der Waals surface area (Å²) < 4.78 is 14.7. The first-order chi connectivity index (χ1) is 11.1. The van der Waals surface area contributed by atoms with Crippen molar-refractivity contribution in [1.82, 2.24) is 20.0 Å². The van der Waals surface area contributed by atoms with Gasteiger partial charge in [0.05, 0.1) is 6.04 Å². The van der Waals surface area contributed by atoms with E-state index in [0.29, 0.717) is 13.1 Å². The largest absolute Gasteiger partial charge is 0.349 e. The van der Waals surface area contributed by atoms with Crippen LogP contribution in [0.4, 0.5) is 4.39 Å². The van der Waals surface area contributed by atoms with Gasteiger partial charge in [-0.3, -0.25) is 14.3 Å². The van der Waals surface area contributed by atoms with Crippen LogP contribution in [0.1, 0.15) is 12.0 Å². The zero-order valence-electron chi connectivity index (χ0n) is 12.5. The fourth-order valence-electron chi connectivity index (χ4n) is 2.69. The van der Waals surface area contributed by atoms with Crippen LogP contribution in [0.2, 0.25) is 0 Å². The number of benzene rings is 1. The van der Waals surface area contributed by atoms with E-state index in [-0.39, 0.29) is 36.6 Å². The van der Waals surface area contributed by atoms with Crippen molar-refractivity contribution in [3.63, 3.8) is 0 Å². The van der Waals surface area contributed by atoms with Gasteiger partial charge in [0.25, 0.3) is 0 Å². The van der Waals surface area contributed by atoms with E-state index >= 15 is 0 Å². The average Bonchev–Trinajstić information content (AvgIpc) is 3.10. The Kier molecular flexibility index (Phi) is 4.36. The number of nitrogens with one attached hydrogen (secondary N) is 1. The third kappa shape index (κ3) is 3.94. The highest BCUT2D eigenvalue weighted by atomic mass is 19.1. The lowest BCUT2D eigenvalue weighted by molar-refractivity contribution is -0.128. The summed E-state index contributed by atoms with van der Waals surface area (Å²) in [4.78, 5) is 25.6. The molecule has 1 atom stereocenters. The van der Waals surface area contributed by atoms with Crippen LogP contribution in [0.5, 0.6) is 0 Å². The van der Waals surface area contributed by atoms with Gasteiger partial charge in [-0.05, 0) is 23.8 Å². The molecule has 1 aromatic carbocycles. The number of amides is 2. The molecule has 1 N–H and O–H groups in total. The number of carbonyl (C=O) groups excluding carboxylic acids is 2. The van der Waals surface area contributed by atoms with E-state index in [4.69, 9.17) is 0 Å². The highest BCUT2D eigenvalue weighted by molar-refractivity contribution is 5.82. The van der Waals surface area contributed by atoms with Crippen molar-refractivity contribution in [2.45, 2.75) is 25.6 Å². The lowest BCUT2D eigenvalue weighted by Crippen LogP contribution is -2.38. The summed E-state index contributed by atoms with van der Waals surface area (Å²) in [6.07, 6.45) is 3.57. The summed E-state index contributed by atoms with van der Waals surface area (Å²) in [7, 11) is 0. The molecule has 1 saturated heterocycles. The molecule has 6 nitrogen and oxygen atoms in total. The smallest absolute Gasteiger partial charge is 0.242 e. The number of aromatic nitrogens is 2. The number of likely N-dealkylation sites (tertiary alicyclic amines) is 1. The minimum atomic E-state index is -0.321. The van der Waals surface area contributed by atoms with Crippen molar-refractivity contribution >= 4 is 11.8 Å². The minimum Gasteiger partial charge on any atom is -0.349 e. The molecule has 2 amide bonds. The van der Waals surface area contributed by atoms with Gasteiger partial charge in [0, 0.05) is 31.9 Å². The number of rotatable bonds is 5. The molecule has 2 aromatic rings. The van der Waals surface area contributed by atoms with Crippen molar-refractivity contribution in [2.75, 3.05) is 6.54 Å². The maximum absolute atomic E-state index is 13.2. The van der Waals surface area contributed by atoms with Crippen LogP contribution < -0.4 is 5.32 Å². The van der Waals surface area contributed by atoms with Crippen molar-refractivity contribution in [1.29, 1.82) is 0 Å². The Morgan fingerprint density at radius 1 is 1.39 bits per heavy atom. The Morgan fingerprint density at radius 3 is 3.00 bits per heavy atom. The second-order valence-corrected chi connectivity index (χ2v) is 5.58. The molecule has 2 heterocycles. The van der Waals surface area contributed by atoms with Crippen molar-refractivity contribution in [3.8, 4) is 0 Å². The van der Waals surface area contributed by atoms with Crippen LogP contribution in [-0.4, -0.2) is 39.1 Å². The Labute approximate surface area is 132 Å². The Hall–Kier alpha value is -2.70. The molecule has 0 aliphatic carbocycles. The molecule has 23 heavy (non-hydrogen) atoms. The van der Waals surface area contributed by atoms with Gasteiger partial charge in [0.2, 0.25) is 11.8 Å². The Balaban J connectivity index is 1.54. The van der Waals surface area contributed by atoms with Crippen LogP contribution in [0.25, 0.3) is 0 Å². The van der Waals surface area contributed by atoms with Gasteiger partial charge in [-0.1, -0.05) is 12.1 Å². The lowest BCUT2D eigenvalue weighted by atomic mass is 10.2. The van der Waals surface area contributed by atoms with Crippen molar-refractivity contribution in [2.24, 2.45) is 0 Å². The molecular formula is C16H17FN4O2. The zero-order chi connectivity index (χ0) is 16.2. The summed E-state index contributed by atoms with van der Waals surface area (Å²) in [5.41, 5.74) is 0.738. The number of hydrogen-bond acceptors (Lipinski definition) is 3. The molecular weight excluding hydrogens is 299 g/mol. The molecule has 0 radical (unpaired) electrons. The van der Waals surface area contributed by atoms with E-state index in [2.05, 4.69) is 10.4 Å². The second kappa shape index (κ2) is 6.60. The molecule has 0 spiro atoms. The first-order valence-corrected chi connectivity index (χ1v) is 7.39. The van der Waals surface area contributed by atoms with Crippen molar-refractivity contribution < 1.29 is 14.0 Å². The maximum atomic E-state index is 13.2. The van der Waals surface area contributed by atoms with Gasteiger partial charge in [-0.2, -0.15) is 5.10 Å². The maximum Gasteiger partial charge on any atom is 0.242 e. The SMILES string of the molecule is O=C(Cn1cccn1)N[C@H]1CC(=O)N(Cc2cccc(F)c2)C1. The molecule has 1 fully saturated rings. The number of carbonyl (C=O) groups is 2. The summed E-state index contributed by atoms with van der Waals surface area (Å²) in [5, 5.41) is 6.81. The summed E-state index contributed by atoms with van der Waals surface area (Å²) >= 11 is 0. The fraction of sp³-hybridized carbons (Fsp3) is 0.312. The van der Waals surface area contributed by atoms with Gasteiger partial charge in [-0.15, -0.1) is 0 Å². The van der Waals surface area contributed by atoms with E-state index in [1.54, 1.807) is 35.5 Å². The zero-order valence-corrected chi connectivity index (χ0v) is 12.5. The van der Waals surface area contributed by atoms with Gasteiger partial charge in [-0.25, -0.2) is 4.39 Å². The van der Waals surface area contributed by atoms with Crippen LogP contribution >= 0.6 is 0 Å². The fourth-order valence-corrected chi connectivity index (χ4v) is 2.69. The summed E-state index contributed by atoms with van der Waals surface area (Å²) in [6, 6.07) is 7.70. The van der Waals surface area contributed by atoms with E-state index in [0.717, 1.165) is 5.56 Å². The van der Waals surface area contributed by atoms with Crippen LogP contribution in [0.3, 0.4) is 0 Å². The standard InChI is InChI=1S/C16H17FN4O2/c17-13-4-1-3-12(7-13)9-20-10-14(8-16(20)23)19-15(22)11-21-6-2-5-18-21/h1-7,14H,8-11H2,(H,19,22)/t14-/m0/s1. The van der Waals surface area contributed by atoms with E-state index in [1.807, 2.05) is 0 Å². The first-order valence-electron chi connectivity index (χ1n) is 7.39. The van der Waals surface area contributed by atoms with Crippen LogP contribution in [0, 0.1) is 5.82 Å². The number of hydrogen-bond donors (Lipinski definition) is 1. The van der Waals surface area contributed by atoms with Gasteiger partial charge < -0.3 is 10.2 Å². The average molecular weight is 316 g/mol. The molecule has 0 bridgehead atoms. The topological polar surface area (TPSA) is 67.2 Å². The van der Waals surface area contributed by atoms with E-state index in [9.17, 15) is 14.0 Å².